The summed E-state index contributed by atoms with van der Waals surface area (Å²) in [5.74, 6) is 1.27. The highest BCUT2D eigenvalue weighted by Crippen LogP contribution is 2.24. The fourth-order valence-electron chi connectivity index (χ4n) is 2.34. The van der Waals surface area contributed by atoms with Crippen LogP contribution in [0.4, 0.5) is 0 Å². The van der Waals surface area contributed by atoms with E-state index in [-0.39, 0.29) is 6.04 Å². The lowest BCUT2D eigenvalue weighted by Crippen LogP contribution is -2.39. The van der Waals surface area contributed by atoms with Crippen LogP contribution in [0.25, 0.3) is 0 Å². The molecule has 1 unspecified atom stereocenters. The van der Waals surface area contributed by atoms with E-state index in [9.17, 15) is 0 Å². The number of nitrogens with zero attached hydrogens (tertiary/aromatic N) is 3. The third kappa shape index (κ3) is 3.00. The average molecular weight is 294 g/mol. The highest BCUT2D eigenvalue weighted by Gasteiger charge is 2.28. The maximum atomic E-state index is 5.92. The van der Waals surface area contributed by atoms with Gasteiger partial charge in [0.05, 0.1) is 19.3 Å². The second kappa shape index (κ2) is 5.91. The Morgan fingerprint density at radius 2 is 2.15 bits per heavy atom. The summed E-state index contributed by atoms with van der Waals surface area (Å²) in [6, 6.07) is 7.93. The van der Waals surface area contributed by atoms with E-state index in [0.717, 1.165) is 24.7 Å². The maximum Gasteiger partial charge on any atom is 0.223 e. The van der Waals surface area contributed by atoms with Crippen LogP contribution in [-0.4, -0.2) is 34.8 Å². The number of halogens is 1. The SMILES string of the molecule is Cc1nc(C2COCCN2Cc2ccc(Cl)cc2)no1. The van der Waals surface area contributed by atoms with Gasteiger partial charge in [0.15, 0.2) is 5.82 Å². The second-order valence-electron chi connectivity index (χ2n) is 4.86. The fraction of sp³-hybridized carbons (Fsp3) is 0.429. The van der Waals surface area contributed by atoms with Gasteiger partial charge in [-0.25, -0.2) is 0 Å². The van der Waals surface area contributed by atoms with Crippen LogP contribution in [0.2, 0.25) is 5.02 Å². The molecule has 1 aliphatic rings. The molecule has 1 aromatic carbocycles. The van der Waals surface area contributed by atoms with Gasteiger partial charge < -0.3 is 9.26 Å². The molecule has 0 spiro atoms. The molecule has 0 amide bonds. The Morgan fingerprint density at radius 1 is 1.35 bits per heavy atom. The highest BCUT2D eigenvalue weighted by molar-refractivity contribution is 6.30. The topological polar surface area (TPSA) is 51.4 Å². The summed E-state index contributed by atoms with van der Waals surface area (Å²) < 4.78 is 10.6. The molecule has 1 atom stereocenters. The second-order valence-corrected chi connectivity index (χ2v) is 5.30. The number of morpholine rings is 1. The Hall–Kier alpha value is -1.43. The molecule has 0 bridgehead atoms. The summed E-state index contributed by atoms with van der Waals surface area (Å²) in [5.41, 5.74) is 1.21. The van der Waals surface area contributed by atoms with E-state index >= 15 is 0 Å². The van der Waals surface area contributed by atoms with E-state index in [1.807, 2.05) is 24.3 Å². The first-order valence-electron chi connectivity index (χ1n) is 6.59. The van der Waals surface area contributed by atoms with Crippen LogP contribution in [0.3, 0.4) is 0 Å². The Morgan fingerprint density at radius 3 is 2.85 bits per heavy atom. The Balaban J connectivity index is 1.77. The van der Waals surface area contributed by atoms with Crippen molar-refractivity contribution >= 4 is 11.6 Å². The predicted molar refractivity (Wildman–Crippen MR) is 74.5 cm³/mol. The first kappa shape index (κ1) is 13.5. The van der Waals surface area contributed by atoms with Gasteiger partial charge in [0, 0.05) is 25.0 Å². The molecule has 5 nitrogen and oxygen atoms in total. The molecule has 0 N–H and O–H groups in total. The summed E-state index contributed by atoms with van der Waals surface area (Å²) in [6.07, 6.45) is 0. The number of hydrogen-bond acceptors (Lipinski definition) is 5. The van der Waals surface area contributed by atoms with Gasteiger partial charge in [-0.05, 0) is 17.7 Å². The first-order chi connectivity index (χ1) is 9.72. The highest BCUT2D eigenvalue weighted by atomic mass is 35.5. The van der Waals surface area contributed by atoms with Crippen LogP contribution in [0, 0.1) is 6.92 Å². The monoisotopic (exact) mass is 293 g/mol. The largest absolute Gasteiger partial charge is 0.378 e. The van der Waals surface area contributed by atoms with Crippen molar-refractivity contribution in [3.8, 4) is 0 Å². The summed E-state index contributed by atoms with van der Waals surface area (Å²) in [4.78, 5) is 6.62. The molecule has 1 aromatic heterocycles. The lowest BCUT2D eigenvalue weighted by Gasteiger charge is -2.33. The third-order valence-electron chi connectivity index (χ3n) is 3.38. The molecule has 0 aliphatic carbocycles. The summed E-state index contributed by atoms with van der Waals surface area (Å²) in [5, 5.41) is 4.77. The quantitative estimate of drug-likeness (QED) is 0.870. The molecule has 3 rings (SSSR count). The zero-order chi connectivity index (χ0) is 13.9. The molecule has 6 heteroatoms. The maximum absolute atomic E-state index is 5.92. The lowest BCUT2D eigenvalue weighted by atomic mass is 10.1. The number of hydrogen-bond donors (Lipinski definition) is 0. The Kier molecular flexibility index (Phi) is 4.00. The summed E-state index contributed by atoms with van der Waals surface area (Å²) in [7, 11) is 0. The predicted octanol–water partition coefficient (Wildman–Crippen LogP) is 2.60. The van der Waals surface area contributed by atoms with Crippen molar-refractivity contribution in [1.82, 2.24) is 15.0 Å². The van der Waals surface area contributed by atoms with Gasteiger partial charge in [-0.2, -0.15) is 4.98 Å². The Bertz CT molecular complexity index is 570. The number of ether oxygens (including phenoxy) is 1. The zero-order valence-corrected chi connectivity index (χ0v) is 12.0. The number of aromatic nitrogens is 2. The smallest absolute Gasteiger partial charge is 0.223 e. The third-order valence-corrected chi connectivity index (χ3v) is 3.63. The van der Waals surface area contributed by atoms with E-state index in [0.29, 0.717) is 18.3 Å². The van der Waals surface area contributed by atoms with Gasteiger partial charge >= 0.3 is 0 Å². The molecule has 0 radical (unpaired) electrons. The van der Waals surface area contributed by atoms with Crippen LogP contribution in [-0.2, 0) is 11.3 Å². The van der Waals surface area contributed by atoms with Gasteiger partial charge in [0.1, 0.15) is 0 Å². The van der Waals surface area contributed by atoms with Crippen molar-refractivity contribution in [2.45, 2.75) is 19.5 Å². The van der Waals surface area contributed by atoms with E-state index in [1.54, 1.807) is 6.92 Å². The van der Waals surface area contributed by atoms with Crippen LogP contribution < -0.4 is 0 Å². The molecule has 2 heterocycles. The van der Waals surface area contributed by atoms with Gasteiger partial charge in [-0.1, -0.05) is 28.9 Å². The van der Waals surface area contributed by atoms with Crippen molar-refractivity contribution in [3.05, 3.63) is 46.6 Å². The molecule has 2 aromatic rings. The van der Waals surface area contributed by atoms with Crippen molar-refractivity contribution < 1.29 is 9.26 Å². The zero-order valence-electron chi connectivity index (χ0n) is 11.3. The normalized spacial score (nSPS) is 20.2. The van der Waals surface area contributed by atoms with Crippen LogP contribution in [0.1, 0.15) is 23.3 Å². The number of rotatable bonds is 3. The first-order valence-corrected chi connectivity index (χ1v) is 6.96. The van der Waals surface area contributed by atoms with Crippen molar-refractivity contribution in [3.63, 3.8) is 0 Å². The number of aryl methyl sites for hydroxylation is 1. The number of benzene rings is 1. The minimum Gasteiger partial charge on any atom is -0.378 e. The van der Waals surface area contributed by atoms with E-state index < -0.39 is 0 Å². The Labute approximate surface area is 122 Å². The van der Waals surface area contributed by atoms with E-state index in [4.69, 9.17) is 20.9 Å². The van der Waals surface area contributed by atoms with E-state index in [1.165, 1.54) is 5.56 Å². The van der Waals surface area contributed by atoms with Crippen LogP contribution in [0.5, 0.6) is 0 Å². The molecule has 106 valence electrons. The van der Waals surface area contributed by atoms with Crippen molar-refractivity contribution in [1.29, 1.82) is 0 Å². The molecule has 1 saturated heterocycles. The lowest BCUT2D eigenvalue weighted by molar-refractivity contribution is -0.0166. The van der Waals surface area contributed by atoms with Gasteiger partial charge in [-0.3, -0.25) is 4.90 Å². The molecular formula is C14H16ClN3O2. The summed E-state index contributed by atoms with van der Waals surface area (Å²) >= 11 is 5.92. The van der Waals surface area contributed by atoms with Gasteiger partial charge in [0.2, 0.25) is 5.89 Å². The van der Waals surface area contributed by atoms with Crippen LogP contribution in [0.15, 0.2) is 28.8 Å². The molecule has 1 aliphatic heterocycles. The van der Waals surface area contributed by atoms with Crippen molar-refractivity contribution in [2.24, 2.45) is 0 Å². The van der Waals surface area contributed by atoms with Crippen LogP contribution >= 0.6 is 11.6 Å². The fourth-order valence-corrected chi connectivity index (χ4v) is 2.47. The minimum absolute atomic E-state index is 0.0388. The molecule has 1 fully saturated rings. The average Bonchev–Trinajstić information content (AvgIpc) is 2.88. The molecule has 0 saturated carbocycles. The van der Waals surface area contributed by atoms with Gasteiger partial charge in [-0.15, -0.1) is 0 Å². The summed E-state index contributed by atoms with van der Waals surface area (Å²) in [6.45, 7) is 4.77. The molecule has 20 heavy (non-hydrogen) atoms. The minimum atomic E-state index is 0.0388. The standard InChI is InChI=1S/C14H16ClN3O2/c1-10-16-14(17-20-10)13-9-19-7-6-18(13)8-11-2-4-12(15)5-3-11/h2-5,13H,6-9H2,1H3. The molecular weight excluding hydrogens is 278 g/mol. The van der Waals surface area contributed by atoms with Gasteiger partial charge in [0.25, 0.3) is 0 Å². The van der Waals surface area contributed by atoms with Crippen molar-refractivity contribution in [2.75, 3.05) is 19.8 Å². The van der Waals surface area contributed by atoms with E-state index in [2.05, 4.69) is 15.0 Å².